The molecule has 0 atom stereocenters. The molecule has 2 aromatic rings. The number of nitrogens with zero attached hydrogens (tertiary/aromatic N) is 3. The summed E-state index contributed by atoms with van der Waals surface area (Å²) in [5.41, 5.74) is 0. The van der Waals surface area contributed by atoms with E-state index in [-0.39, 0.29) is 11.4 Å². The first-order valence-electron chi connectivity index (χ1n) is 6.71. The third-order valence-corrected chi connectivity index (χ3v) is 6.41. The van der Waals surface area contributed by atoms with Crippen LogP contribution in [-0.2, 0) is 14.8 Å². The van der Waals surface area contributed by atoms with E-state index >= 15 is 0 Å². The highest BCUT2D eigenvalue weighted by Crippen LogP contribution is 2.25. The van der Waals surface area contributed by atoms with E-state index < -0.39 is 15.9 Å². The highest BCUT2D eigenvalue weighted by molar-refractivity contribution is 8.01. The number of hydrogen-bond donors (Lipinski definition) is 1. The summed E-state index contributed by atoms with van der Waals surface area (Å²) in [4.78, 5) is 12.1. The summed E-state index contributed by atoms with van der Waals surface area (Å²) in [6.07, 6.45) is 0. The molecule has 2 rings (SSSR count). The lowest BCUT2D eigenvalue weighted by atomic mass is 10.4. The van der Waals surface area contributed by atoms with Gasteiger partial charge in [-0.15, -0.1) is 10.2 Å². The number of hydrogen-bond acceptors (Lipinski definition) is 7. The largest absolute Gasteiger partial charge is 0.299 e. The van der Waals surface area contributed by atoms with Crippen molar-refractivity contribution in [2.24, 2.45) is 0 Å². The minimum Gasteiger partial charge on any atom is -0.299 e. The van der Waals surface area contributed by atoms with Gasteiger partial charge in [0.25, 0.3) is 0 Å². The molecular weight excluding hydrogens is 356 g/mol. The monoisotopic (exact) mass is 372 g/mol. The zero-order valence-corrected chi connectivity index (χ0v) is 15.0. The highest BCUT2D eigenvalue weighted by Gasteiger charge is 2.23. The lowest BCUT2D eigenvalue weighted by Crippen LogP contribution is -2.34. The van der Waals surface area contributed by atoms with Gasteiger partial charge in [0.2, 0.25) is 21.1 Å². The molecule has 0 aliphatic rings. The van der Waals surface area contributed by atoms with Crippen molar-refractivity contribution < 1.29 is 13.2 Å². The number of carbonyl (C=O) groups is 1. The van der Waals surface area contributed by atoms with Gasteiger partial charge in [-0.05, 0) is 17.9 Å². The summed E-state index contributed by atoms with van der Waals surface area (Å²) >= 11 is 2.78. The molecule has 0 saturated heterocycles. The van der Waals surface area contributed by atoms with E-state index in [1.54, 1.807) is 18.2 Å². The Bertz CT molecular complexity index is 762. The predicted octanol–water partition coefficient (Wildman–Crippen LogP) is 1.91. The van der Waals surface area contributed by atoms with E-state index in [9.17, 15) is 13.2 Å². The van der Waals surface area contributed by atoms with E-state index in [1.807, 2.05) is 6.92 Å². The van der Waals surface area contributed by atoms with Gasteiger partial charge in [0.1, 0.15) is 0 Å². The van der Waals surface area contributed by atoms with Crippen molar-refractivity contribution in [3.8, 4) is 0 Å². The number of thioether (sulfide) groups is 1. The van der Waals surface area contributed by atoms with Crippen LogP contribution in [0.1, 0.15) is 6.92 Å². The van der Waals surface area contributed by atoms with Gasteiger partial charge in [0.15, 0.2) is 4.34 Å². The number of aromatic nitrogens is 2. The molecule has 0 aliphatic carbocycles. The van der Waals surface area contributed by atoms with Crippen LogP contribution in [0.4, 0.5) is 5.13 Å². The quantitative estimate of drug-likeness (QED) is 0.590. The van der Waals surface area contributed by atoms with E-state index in [2.05, 4.69) is 15.5 Å². The van der Waals surface area contributed by atoms with Gasteiger partial charge in [-0.25, -0.2) is 8.42 Å². The fourth-order valence-corrected chi connectivity index (χ4v) is 4.47. The summed E-state index contributed by atoms with van der Waals surface area (Å²) in [6, 6.07) is 7.97. The molecule has 0 aliphatic heterocycles. The second-order valence-electron chi connectivity index (χ2n) is 4.43. The molecular formula is C13H16N4O3S3. The van der Waals surface area contributed by atoms with Gasteiger partial charge in [-0.3, -0.25) is 10.1 Å². The smallest absolute Gasteiger partial charge is 0.243 e. The Morgan fingerprint density at radius 2 is 2.00 bits per heavy atom. The molecule has 0 fully saturated rings. The van der Waals surface area contributed by atoms with Crippen molar-refractivity contribution >= 4 is 44.2 Å². The number of nitrogens with one attached hydrogen (secondary N) is 1. The highest BCUT2D eigenvalue weighted by atomic mass is 32.2. The van der Waals surface area contributed by atoms with Crippen molar-refractivity contribution in [1.82, 2.24) is 14.5 Å². The van der Waals surface area contributed by atoms with Crippen LogP contribution in [0, 0.1) is 0 Å². The maximum atomic E-state index is 12.3. The standard InChI is InChI=1S/C13H16N4O3S3/c1-3-21-13-16-15-12(22-13)14-11(18)9-17(2)23(19,20)10-7-5-4-6-8-10/h4-8H,3,9H2,1-2H3,(H,14,15,18). The topological polar surface area (TPSA) is 92.3 Å². The number of benzene rings is 1. The van der Waals surface area contributed by atoms with Crippen LogP contribution in [0.3, 0.4) is 0 Å². The first-order chi connectivity index (χ1) is 10.9. The van der Waals surface area contributed by atoms with Crippen molar-refractivity contribution in [3.63, 3.8) is 0 Å². The van der Waals surface area contributed by atoms with Gasteiger partial charge in [-0.2, -0.15) is 4.31 Å². The molecule has 0 spiro atoms. The second kappa shape index (κ2) is 7.86. The van der Waals surface area contributed by atoms with Crippen LogP contribution in [0.5, 0.6) is 0 Å². The van der Waals surface area contributed by atoms with Crippen LogP contribution >= 0.6 is 23.1 Å². The first kappa shape index (κ1) is 17.9. The molecule has 124 valence electrons. The van der Waals surface area contributed by atoms with E-state index in [0.717, 1.165) is 14.4 Å². The summed E-state index contributed by atoms with van der Waals surface area (Å²) in [5.74, 6) is 0.400. The van der Waals surface area contributed by atoms with Crippen LogP contribution in [0.15, 0.2) is 39.6 Å². The Kier molecular flexibility index (Phi) is 6.10. The lowest BCUT2D eigenvalue weighted by molar-refractivity contribution is -0.116. The van der Waals surface area contributed by atoms with Crippen LogP contribution in [0.2, 0.25) is 0 Å². The molecule has 1 heterocycles. The zero-order valence-electron chi connectivity index (χ0n) is 12.6. The van der Waals surface area contributed by atoms with E-state index in [1.165, 1.54) is 42.3 Å². The number of likely N-dealkylation sites (N-methyl/N-ethyl adjacent to an activating group) is 1. The fourth-order valence-electron chi connectivity index (χ4n) is 1.66. The molecule has 0 unspecified atom stereocenters. The van der Waals surface area contributed by atoms with Gasteiger partial charge in [0, 0.05) is 7.05 Å². The summed E-state index contributed by atoms with van der Waals surface area (Å²) < 4.78 is 26.4. The Morgan fingerprint density at radius 1 is 1.30 bits per heavy atom. The van der Waals surface area contributed by atoms with Gasteiger partial charge in [0.05, 0.1) is 11.4 Å². The Hall–Kier alpha value is -1.49. The van der Waals surface area contributed by atoms with Crippen LogP contribution in [-0.4, -0.2) is 48.2 Å². The maximum absolute atomic E-state index is 12.3. The minimum absolute atomic E-state index is 0.146. The molecule has 23 heavy (non-hydrogen) atoms. The van der Waals surface area contributed by atoms with Crippen LogP contribution < -0.4 is 5.32 Å². The molecule has 1 aromatic carbocycles. The van der Waals surface area contributed by atoms with Gasteiger partial charge < -0.3 is 0 Å². The molecule has 0 bridgehead atoms. The first-order valence-corrected chi connectivity index (χ1v) is 9.95. The Balaban J connectivity index is 1.99. The summed E-state index contributed by atoms with van der Waals surface area (Å²) in [6.45, 7) is 1.70. The maximum Gasteiger partial charge on any atom is 0.243 e. The minimum atomic E-state index is -3.69. The van der Waals surface area contributed by atoms with Crippen molar-refractivity contribution in [1.29, 1.82) is 0 Å². The summed E-state index contributed by atoms with van der Waals surface area (Å²) in [5, 5.41) is 10.7. The molecule has 1 N–H and O–H groups in total. The number of anilines is 1. The molecule has 1 amide bonds. The van der Waals surface area contributed by atoms with Crippen LogP contribution in [0.25, 0.3) is 0 Å². The molecule has 0 saturated carbocycles. The van der Waals surface area contributed by atoms with Crippen molar-refractivity contribution in [2.45, 2.75) is 16.2 Å². The average molecular weight is 372 g/mol. The number of amides is 1. The van der Waals surface area contributed by atoms with E-state index in [0.29, 0.717) is 5.13 Å². The fraction of sp³-hybridized carbons (Fsp3) is 0.308. The third kappa shape index (κ3) is 4.74. The third-order valence-electron chi connectivity index (χ3n) is 2.74. The number of carbonyl (C=O) groups excluding carboxylic acids is 1. The summed E-state index contributed by atoms with van der Waals surface area (Å²) in [7, 11) is -2.33. The van der Waals surface area contributed by atoms with Crippen molar-refractivity contribution in [3.05, 3.63) is 30.3 Å². The molecule has 10 heteroatoms. The van der Waals surface area contributed by atoms with E-state index in [4.69, 9.17) is 0 Å². The second-order valence-corrected chi connectivity index (χ2v) is 8.96. The molecule has 1 aromatic heterocycles. The zero-order chi connectivity index (χ0) is 16.9. The normalized spacial score (nSPS) is 11.6. The number of sulfonamides is 1. The average Bonchev–Trinajstić information content (AvgIpc) is 2.95. The molecule has 0 radical (unpaired) electrons. The SMILES string of the molecule is CCSc1nnc(NC(=O)CN(C)S(=O)(=O)c2ccccc2)s1. The lowest BCUT2D eigenvalue weighted by Gasteiger charge is -2.16. The predicted molar refractivity (Wildman–Crippen MR) is 91.2 cm³/mol. The molecule has 7 nitrogen and oxygen atoms in total. The van der Waals surface area contributed by atoms with Crippen molar-refractivity contribution in [2.75, 3.05) is 24.7 Å². The van der Waals surface area contributed by atoms with Gasteiger partial charge in [-0.1, -0.05) is 48.2 Å². The Morgan fingerprint density at radius 3 is 2.65 bits per heavy atom. The number of rotatable bonds is 7. The Labute approximate surface area is 143 Å². The van der Waals surface area contributed by atoms with Gasteiger partial charge >= 0.3 is 0 Å².